The molecule has 0 bridgehead atoms. The first-order chi connectivity index (χ1) is 10.2. The van der Waals surface area contributed by atoms with E-state index in [1.165, 1.54) is 59.7 Å². The van der Waals surface area contributed by atoms with E-state index in [4.69, 9.17) is 0 Å². The van der Waals surface area contributed by atoms with Crippen LogP contribution < -0.4 is 5.32 Å². The molecule has 1 atom stereocenters. The molecule has 0 aromatic heterocycles. The van der Waals surface area contributed by atoms with Gasteiger partial charge in [-0.25, -0.2) is 0 Å². The first kappa shape index (κ1) is 16.0. The van der Waals surface area contributed by atoms with Crippen molar-refractivity contribution in [2.75, 3.05) is 26.2 Å². The van der Waals surface area contributed by atoms with Crippen LogP contribution in [0.5, 0.6) is 0 Å². The van der Waals surface area contributed by atoms with Gasteiger partial charge in [-0.1, -0.05) is 51.1 Å². The molecule has 1 saturated carbocycles. The van der Waals surface area contributed by atoms with E-state index in [-0.39, 0.29) is 0 Å². The van der Waals surface area contributed by atoms with Crippen molar-refractivity contribution in [3.63, 3.8) is 0 Å². The minimum absolute atomic E-state index is 0.584. The summed E-state index contributed by atoms with van der Waals surface area (Å²) < 4.78 is 2.37. The quantitative estimate of drug-likeness (QED) is 0.766. The summed E-state index contributed by atoms with van der Waals surface area (Å²) in [4.78, 5) is 2.71. The maximum Gasteiger partial charge on any atom is 0.0378 e. The summed E-state index contributed by atoms with van der Waals surface area (Å²) in [6.07, 6.45) is 7.01. The lowest BCUT2D eigenvalue weighted by Gasteiger charge is -2.41. The van der Waals surface area contributed by atoms with E-state index >= 15 is 0 Å². The van der Waals surface area contributed by atoms with Crippen LogP contribution in [0.3, 0.4) is 0 Å². The van der Waals surface area contributed by atoms with E-state index in [0.29, 0.717) is 6.04 Å². The molecule has 1 aromatic carbocycles. The van der Waals surface area contributed by atoms with E-state index in [1.807, 2.05) is 0 Å². The van der Waals surface area contributed by atoms with Crippen LogP contribution in [0.25, 0.3) is 0 Å². The fourth-order valence-corrected chi connectivity index (χ4v) is 5.27. The Labute approximate surface area is 144 Å². The third-order valence-corrected chi connectivity index (χ3v) is 5.78. The summed E-state index contributed by atoms with van der Waals surface area (Å²) >= 11 is 7.34. The molecule has 2 nitrogen and oxygen atoms in total. The maximum absolute atomic E-state index is 3.67. The number of hydrogen-bond acceptors (Lipinski definition) is 2. The van der Waals surface area contributed by atoms with E-state index in [1.54, 1.807) is 0 Å². The molecule has 0 unspecified atom stereocenters. The van der Waals surface area contributed by atoms with Crippen molar-refractivity contribution in [1.29, 1.82) is 0 Å². The number of halogens is 2. The van der Waals surface area contributed by atoms with Crippen molar-refractivity contribution in [1.82, 2.24) is 10.2 Å². The minimum Gasteiger partial charge on any atom is -0.314 e. The summed E-state index contributed by atoms with van der Waals surface area (Å²) in [6.45, 7) is 4.59. The Morgan fingerprint density at radius 1 is 0.952 bits per heavy atom. The van der Waals surface area contributed by atoms with Crippen LogP contribution >= 0.6 is 31.9 Å². The van der Waals surface area contributed by atoms with Gasteiger partial charge in [-0.05, 0) is 42.5 Å². The molecular weight excluding hydrogens is 392 g/mol. The lowest BCUT2D eigenvalue weighted by atomic mass is 9.80. The van der Waals surface area contributed by atoms with E-state index in [2.05, 4.69) is 60.3 Å². The normalized spacial score (nSPS) is 23.1. The molecule has 21 heavy (non-hydrogen) atoms. The van der Waals surface area contributed by atoms with Crippen LogP contribution in [0.15, 0.2) is 27.1 Å². The van der Waals surface area contributed by atoms with E-state index < -0.39 is 0 Å². The molecule has 2 fully saturated rings. The maximum atomic E-state index is 3.67. The Morgan fingerprint density at radius 2 is 1.57 bits per heavy atom. The highest BCUT2D eigenvalue weighted by Crippen LogP contribution is 2.40. The van der Waals surface area contributed by atoms with Gasteiger partial charge in [0.2, 0.25) is 0 Å². The number of rotatable bonds is 3. The molecule has 1 saturated heterocycles. The Balaban J connectivity index is 1.89. The highest BCUT2D eigenvalue weighted by atomic mass is 79.9. The molecule has 1 aliphatic carbocycles. The predicted octanol–water partition coefficient (Wildman–Crippen LogP) is 4.74. The van der Waals surface area contributed by atoms with Crippen molar-refractivity contribution in [2.24, 2.45) is 5.92 Å². The summed E-state index contributed by atoms with van der Waals surface area (Å²) in [6, 6.07) is 7.37. The second kappa shape index (κ2) is 7.58. The van der Waals surface area contributed by atoms with Crippen molar-refractivity contribution in [2.45, 2.75) is 38.1 Å². The first-order valence-electron chi connectivity index (χ1n) is 8.15. The molecule has 0 radical (unpaired) electrons. The van der Waals surface area contributed by atoms with E-state index in [0.717, 1.165) is 19.0 Å². The summed E-state index contributed by atoms with van der Waals surface area (Å²) in [7, 11) is 0. The lowest BCUT2D eigenvalue weighted by molar-refractivity contribution is 0.103. The van der Waals surface area contributed by atoms with Gasteiger partial charge in [0.25, 0.3) is 0 Å². The summed E-state index contributed by atoms with van der Waals surface area (Å²) in [5.74, 6) is 0.818. The Morgan fingerprint density at radius 3 is 2.19 bits per heavy atom. The molecular formula is C17H24Br2N2. The van der Waals surface area contributed by atoms with Gasteiger partial charge in [0.1, 0.15) is 0 Å². The number of nitrogens with zero attached hydrogens (tertiary/aromatic N) is 1. The third-order valence-electron chi connectivity index (χ3n) is 4.87. The highest BCUT2D eigenvalue weighted by molar-refractivity contribution is 9.11. The van der Waals surface area contributed by atoms with Crippen LogP contribution in [0, 0.1) is 5.92 Å². The molecule has 0 spiro atoms. The molecule has 1 aliphatic heterocycles. The fourth-order valence-electron chi connectivity index (χ4n) is 3.94. The smallest absolute Gasteiger partial charge is 0.0378 e. The molecule has 1 aromatic rings. The third kappa shape index (κ3) is 4.10. The number of hydrogen-bond donors (Lipinski definition) is 1. The SMILES string of the molecule is Brc1cc(Br)cc([C@@H](C2CCCCC2)N2CCNCC2)c1. The number of piperazine rings is 1. The largest absolute Gasteiger partial charge is 0.314 e. The fraction of sp³-hybridized carbons (Fsp3) is 0.647. The van der Waals surface area contributed by atoms with Gasteiger partial charge in [-0.3, -0.25) is 4.90 Å². The zero-order valence-electron chi connectivity index (χ0n) is 12.5. The molecule has 0 amide bonds. The average molecular weight is 416 g/mol. The number of nitrogens with one attached hydrogen (secondary N) is 1. The van der Waals surface area contributed by atoms with Crippen molar-refractivity contribution >= 4 is 31.9 Å². The van der Waals surface area contributed by atoms with Crippen molar-refractivity contribution < 1.29 is 0 Å². The number of benzene rings is 1. The molecule has 1 heterocycles. The van der Waals surface area contributed by atoms with Crippen molar-refractivity contribution in [3.05, 3.63) is 32.7 Å². The Hall–Kier alpha value is 0.1000. The minimum atomic E-state index is 0.584. The topological polar surface area (TPSA) is 15.3 Å². The Kier molecular flexibility index (Phi) is 5.77. The summed E-state index contributed by atoms with van der Waals surface area (Å²) in [5.41, 5.74) is 1.48. The standard InChI is InChI=1S/C17H24Br2N2/c18-15-10-14(11-16(19)12-15)17(13-4-2-1-3-5-13)21-8-6-20-7-9-21/h10-13,17,20H,1-9H2/t17-/m1/s1. The van der Waals surface area contributed by atoms with Crippen LogP contribution in [-0.2, 0) is 0 Å². The molecule has 3 rings (SSSR count). The molecule has 1 N–H and O–H groups in total. The van der Waals surface area contributed by atoms with Gasteiger partial charge in [0.05, 0.1) is 0 Å². The predicted molar refractivity (Wildman–Crippen MR) is 95.6 cm³/mol. The lowest BCUT2D eigenvalue weighted by Crippen LogP contribution is -2.47. The first-order valence-corrected chi connectivity index (χ1v) is 9.73. The average Bonchev–Trinajstić information content (AvgIpc) is 2.49. The van der Waals surface area contributed by atoms with Gasteiger partial charge < -0.3 is 5.32 Å². The van der Waals surface area contributed by atoms with E-state index in [9.17, 15) is 0 Å². The van der Waals surface area contributed by atoms with Crippen LogP contribution in [0.4, 0.5) is 0 Å². The summed E-state index contributed by atoms with van der Waals surface area (Å²) in [5, 5.41) is 3.49. The van der Waals surface area contributed by atoms with Crippen LogP contribution in [0.2, 0.25) is 0 Å². The highest BCUT2D eigenvalue weighted by Gasteiger charge is 2.31. The Bertz CT molecular complexity index is 428. The van der Waals surface area contributed by atoms with Gasteiger partial charge in [-0.2, -0.15) is 0 Å². The van der Waals surface area contributed by atoms with Gasteiger partial charge >= 0.3 is 0 Å². The molecule has 116 valence electrons. The van der Waals surface area contributed by atoms with Gasteiger partial charge in [0.15, 0.2) is 0 Å². The van der Waals surface area contributed by atoms with Gasteiger partial charge in [0, 0.05) is 41.2 Å². The monoisotopic (exact) mass is 414 g/mol. The molecule has 2 aliphatic rings. The zero-order valence-corrected chi connectivity index (χ0v) is 15.6. The molecule has 4 heteroatoms. The second-order valence-electron chi connectivity index (χ2n) is 6.33. The van der Waals surface area contributed by atoms with Crippen molar-refractivity contribution in [3.8, 4) is 0 Å². The second-order valence-corrected chi connectivity index (χ2v) is 8.16. The van der Waals surface area contributed by atoms with Gasteiger partial charge in [-0.15, -0.1) is 0 Å². The van der Waals surface area contributed by atoms with Crippen LogP contribution in [0.1, 0.15) is 43.7 Å². The van der Waals surface area contributed by atoms with Crippen LogP contribution in [-0.4, -0.2) is 31.1 Å². The zero-order chi connectivity index (χ0) is 14.7.